The first-order valence-electron chi connectivity index (χ1n) is 8.53. The Morgan fingerprint density at radius 3 is 2.96 bits per heavy atom. The quantitative estimate of drug-likeness (QED) is 0.737. The molecule has 0 aromatic heterocycles. The van der Waals surface area contributed by atoms with Crippen LogP contribution >= 0.6 is 24.0 Å². The molecule has 2 unspecified atom stereocenters. The van der Waals surface area contributed by atoms with Crippen LogP contribution in [-0.4, -0.2) is 25.6 Å². The molecule has 1 heterocycles. The number of hydrogen-bond donors (Lipinski definition) is 2. The summed E-state index contributed by atoms with van der Waals surface area (Å²) in [6.07, 6.45) is 3.83. The molecule has 24 heavy (non-hydrogen) atoms. The number of rotatable bonds is 7. The minimum absolute atomic E-state index is 0. The normalized spacial score (nSPS) is 18.4. The van der Waals surface area contributed by atoms with Crippen LogP contribution in [0.5, 0.6) is 5.75 Å². The highest BCUT2D eigenvalue weighted by molar-refractivity contribution is 6.31. The van der Waals surface area contributed by atoms with Crippen LogP contribution in [0.3, 0.4) is 0 Å². The second-order valence-electron chi connectivity index (χ2n) is 6.32. The Hall–Kier alpha value is -0.970. The van der Waals surface area contributed by atoms with Crippen LogP contribution in [-0.2, 0) is 4.79 Å². The molecular formula is C18H28Cl2N2O2. The summed E-state index contributed by atoms with van der Waals surface area (Å²) in [5.41, 5.74) is 0.657. The minimum Gasteiger partial charge on any atom is -0.491 e. The zero-order valence-electron chi connectivity index (χ0n) is 14.4. The van der Waals surface area contributed by atoms with Crippen LogP contribution in [0.4, 0.5) is 5.69 Å². The van der Waals surface area contributed by atoms with Gasteiger partial charge in [-0.3, -0.25) is 4.79 Å². The van der Waals surface area contributed by atoms with Gasteiger partial charge in [-0.2, -0.15) is 0 Å². The zero-order chi connectivity index (χ0) is 16.7. The number of amides is 1. The number of piperidine rings is 1. The summed E-state index contributed by atoms with van der Waals surface area (Å²) in [5, 5.41) is 6.96. The molecule has 0 bridgehead atoms. The van der Waals surface area contributed by atoms with Gasteiger partial charge in [0.15, 0.2) is 0 Å². The number of anilines is 1. The fourth-order valence-electron chi connectivity index (χ4n) is 2.96. The molecule has 136 valence electrons. The van der Waals surface area contributed by atoms with Gasteiger partial charge in [-0.15, -0.1) is 12.4 Å². The van der Waals surface area contributed by atoms with E-state index in [2.05, 4.69) is 17.6 Å². The number of carbonyl (C=O) groups is 1. The van der Waals surface area contributed by atoms with Crippen LogP contribution in [0.25, 0.3) is 0 Å². The third-order valence-electron chi connectivity index (χ3n) is 4.32. The molecule has 1 amide bonds. The van der Waals surface area contributed by atoms with Crippen molar-refractivity contribution >= 4 is 35.6 Å². The Labute approximate surface area is 156 Å². The fourth-order valence-corrected chi connectivity index (χ4v) is 3.13. The lowest BCUT2D eigenvalue weighted by Gasteiger charge is -2.28. The van der Waals surface area contributed by atoms with Crippen molar-refractivity contribution in [2.45, 2.75) is 39.5 Å². The zero-order valence-corrected chi connectivity index (χ0v) is 16.0. The second kappa shape index (κ2) is 10.8. The highest BCUT2D eigenvalue weighted by Gasteiger charge is 2.22. The average molecular weight is 375 g/mol. The van der Waals surface area contributed by atoms with E-state index < -0.39 is 0 Å². The second-order valence-corrected chi connectivity index (χ2v) is 6.76. The number of ether oxygens (including phenoxy) is 1. The Morgan fingerprint density at radius 2 is 2.29 bits per heavy atom. The van der Waals surface area contributed by atoms with Gasteiger partial charge in [0.05, 0.1) is 12.3 Å². The van der Waals surface area contributed by atoms with E-state index >= 15 is 0 Å². The van der Waals surface area contributed by atoms with Crippen molar-refractivity contribution in [1.29, 1.82) is 0 Å². The van der Waals surface area contributed by atoms with Gasteiger partial charge in [-0.1, -0.05) is 25.4 Å². The fraction of sp³-hybridized carbons (Fsp3) is 0.611. The lowest BCUT2D eigenvalue weighted by molar-refractivity contribution is -0.117. The molecule has 1 saturated heterocycles. The van der Waals surface area contributed by atoms with Gasteiger partial charge < -0.3 is 15.4 Å². The molecule has 2 atom stereocenters. The van der Waals surface area contributed by atoms with Crippen LogP contribution in [0.1, 0.15) is 39.5 Å². The minimum atomic E-state index is 0. The predicted molar refractivity (Wildman–Crippen MR) is 102 cm³/mol. The maximum atomic E-state index is 12.4. The smallest absolute Gasteiger partial charge is 0.224 e. The van der Waals surface area contributed by atoms with E-state index in [1.165, 1.54) is 12.8 Å². The molecule has 1 aromatic rings. The maximum absolute atomic E-state index is 12.4. The molecule has 0 saturated carbocycles. The van der Waals surface area contributed by atoms with Gasteiger partial charge in [0.1, 0.15) is 5.75 Å². The van der Waals surface area contributed by atoms with E-state index in [0.717, 1.165) is 19.5 Å². The Kier molecular flexibility index (Phi) is 9.49. The summed E-state index contributed by atoms with van der Waals surface area (Å²) in [7, 11) is 0. The van der Waals surface area contributed by atoms with Gasteiger partial charge in [-0.25, -0.2) is 0 Å². The van der Waals surface area contributed by atoms with E-state index in [9.17, 15) is 4.79 Å². The van der Waals surface area contributed by atoms with E-state index in [0.29, 0.717) is 41.3 Å². The molecule has 1 aliphatic rings. The topological polar surface area (TPSA) is 50.4 Å². The number of nitrogens with one attached hydrogen (secondary N) is 2. The summed E-state index contributed by atoms with van der Waals surface area (Å²) in [5.74, 6) is 1.63. The van der Waals surface area contributed by atoms with Crippen molar-refractivity contribution in [2.24, 2.45) is 11.8 Å². The van der Waals surface area contributed by atoms with Crippen LogP contribution < -0.4 is 15.4 Å². The van der Waals surface area contributed by atoms with Crippen molar-refractivity contribution in [3.8, 4) is 5.75 Å². The summed E-state index contributed by atoms with van der Waals surface area (Å²) < 4.78 is 5.68. The van der Waals surface area contributed by atoms with Crippen molar-refractivity contribution in [1.82, 2.24) is 5.32 Å². The molecular weight excluding hydrogens is 347 g/mol. The van der Waals surface area contributed by atoms with Gasteiger partial charge >= 0.3 is 0 Å². The SMILES string of the molecule is CCCOc1ccc(Cl)cc1NC(=O)CC(C)C1CCCNC1.Cl. The molecule has 0 radical (unpaired) electrons. The molecule has 4 nitrogen and oxygen atoms in total. The first-order valence-corrected chi connectivity index (χ1v) is 8.91. The molecule has 0 aliphatic carbocycles. The Balaban J connectivity index is 0.00000288. The molecule has 1 aliphatic heterocycles. The highest BCUT2D eigenvalue weighted by atomic mass is 35.5. The monoisotopic (exact) mass is 374 g/mol. The largest absolute Gasteiger partial charge is 0.491 e. The van der Waals surface area contributed by atoms with Crippen LogP contribution in [0.2, 0.25) is 5.02 Å². The van der Waals surface area contributed by atoms with Gasteiger partial charge in [-0.05, 0) is 62.4 Å². The van der Waals surface area contributed by atoms with Crippen LogP contribution in [0.15, 0.2) is 18.2 Å². The summed E-state index contributed by atoms with van der Waals surface area (Å²) >= 11 is 6.05. The number of hydrogen-bond acceptors (Lipinski definition) is 3. The lowest BCUT2D eigenvalue weighted by Crippen LogP contribution is -2.34. The molecule has 1 aromatic carbocycles. The van der Waals surface area contributed by atoms with Gasteiger partial charge in [0, 0.05) is 11.4 Å². The maximum Gasteiger partial charge on any atom is 0.224 e. The van der Waals surface area contributed by atoms with E-state index in [-0.39, 0.29) is 18.3 Å². The van der Waals surface area contributed by atoms with Crippen molar-refractivity contribution in [3.63, 3.8) is 0 Å². The summed E-state index contributed by atoms with van der Waals surface area (Å²) in [4.78, 5) is 12.4. The third-order valence-corrected chi connectivity index (χ3v) is 4.56. The standard InChI is InChI=1S/C18H27ClN2O2.ClH/c1-3-9-23-17-7-6-15(19)11-16(17)21-18(22)10-13(2)14-5-4-8-20-12-14;/h6-7,11,13-14,20H,3-5,8-10,12H2,1-2H3,(H,21,22);1H. The van der Waals surface area contributed by atoms with Gasteiger partial charge in [0.25, 0.3) is 0 Å². The number of benzene rings is 1. The first-order chi connectivity index (χ1) is 11.1. The highest BCUT2D eigenvalue weighted by Crippen LogP contribution is 2.29. The van der Waals surface area contributed by atoms with Crippen molar-refractivity contribution < 1.29 is 9.53 Å². The summed E-state index contributed by atoms with van der Waals surface area (Å²) in [6.45, 7) is 6.93. The molecule has 0 spiro atoms. The lowest BCUT2D eigenvalue weighted by atomic mass is 9.85. The molecule has 6 heteroatoms. The predicted octanol–water partition coefficient (Wildman–Crippen LogP) is 4.51. The number of halogens is 2. The van der Waals surface area contributed by atoms with E-state index in [4.69, 9.17) is 16.3 Å². The summed E-state index contributed by atoms with van der Waals surface area (Å²) in [6, 6.07) is 5.33. The Bertz CT molecular complexity index is 520. The molecule has 2 rings (SSSR count). The van der Waals surface area contributed by atoms with Gasteiger partial charge in [0.2, 0.25) is 5.91 Å². The van der Waals surface area contributed by atoms with Crippen LogP contribution in [0, 0.1) is 11.8 Å². The molecule has 1 fully saturated rings. The first kappa shape index (κ1) is 21.1. The number of carbonyl (C=O) groups excluding carboxylic acids is 1. The van der Waals surface area contributed by atoms with E-state index in [1.807, 2.05) is 13.0 Å². The van der Waals surface area contributed by atoms with E-state index in [1.54, 1.807) is 12.1 Å². The van der Waals surface area contributed by atoms with Crippen molar-refractivity contribution in [2.75, 3.05) is 25.0 Å². The molecule has 2 N–H and O–H groups in total. The van der Waals surface area contributed by atoms with Crippen molar-refractivity contribution in [3.05, 3.63) is 23.2 Å². The average Bonchev–Trinajstić information content (AvgIpc) is 2.55. The third kappa shape index (κ3) is 6.50. The Morgan fingerprint density at radius 1 is 1.50 bits per heavy atom.